The zero-order valence-electron chi connectivity index (χ0n) is 10.8. The van der Waals surface area contributed by atoms with Gasteiger partial charge in [-0.1, -0.05) is 24.3 Å². The number of hydrogen-bond donors (Lipinski definition) is 1. The van der Waals surface area contributed by atoms with E-state index in [4.69, 9.17) is 0 Å². The van der Waals surface area contributed by atoms with E-state index < -0.39 is 5.97 Å². The average Bonchev–Trinajstić information content (AvgIpc) is 3.06. The van der Waals surface area contributed by atoms with Gasteiger partial charge in [0.15, 0.2) is 0 Å². The van der Waals surface area contributed by atoms with E-state index in [-0.39, 0.29) is 5.56 Å². The number of benzene rings is 1. The van der Waals surface area contributed by atoms with Crippen molar-refractivity contribution < 1.29 is 9.90 Å². The molecule has 0 saturated carbocycles. The first kappa shape index (κ1) is 12.6. The summed E-state index contributed by atoms with van der Waals surface area (Å²) >= 11 is 1.51. The Labute approximate surface area is 119 Å². The first-order valence-corrected chi connectivity index (χ1v) is 6.98. The number of rotatable bonds is 3. The highest BCUT2D eigenvalue weighted by Gasteiger charge is 2.23. The highest BCUT2D eigenvalue weighted by Crippen LogP contribution is 2.32. The summed E-state index contributed by atoms with van der Waals surface area (Å²) in [5, 5.41) is 15.8. The van der Waals surface area contributed by atoms with Gasteiger partial charge in [-0.25, -0.2) is 9.48 Å². The molecule has 0 fully saturated rings. The monoisotopic (exact) mass is 284 g/mol. The molecule has 0 spiro atoms. The van der Waals surface area contributed by atoms with Crippen LogP contribution in [0.3, 0.4) is 0 Å². The lowest BCUT2D eigenvalue weighted by Crippen LogP contribution is -2.02. The SMILES string of the molecule is Cc1nn(-c2ccccc2)c(-c2cccs2)c1C(=O)O. The van der Waals surface area contributed by atoms with Gasteiger partial charge < -0.3 is 5.11 Å². The number of thiophene rings is 1. The van der Waals surface area contributed by atoms with E-state index in [1.807, 2.05) is 47.8 Å². The van der Waals surface area contributed by atoms with Crippen LogP contribution in [0.2, 0.25) is 0 Å². The molecule has 2 heterocycles. The second-order valence-corrected chi connectivity index (χ2v) is 5.29. The van der Waals surface area contributed by atoms with E-state index in [9.17, 15) is 9.90 Å². The molecule has 0 bridgehead atoms. The number of carboxylic acids is 1. The molecule has 4 nitrogen and oxygen atoms in total. The van der Waals surface area contributed by atoms with Gasteiger partial charge in [0.25, 0.3) is 0 Å². The minimum Gasteiger partial charge on any atom is -0.478 e. The van der Waals surface area contributed by atoms with Crippen LogP contribution in [-0.2, 0) is 0 Å². The summed E-state index contributed by atoms with van der Waals surface area (Å²) in [4.78, 5) is 12.4. The summed E-state index contributed by atoms with van der Waals surface area (Å²) in [6, 6.07) is 13.4. The fourth-order valence-corrected chi connectivity index (χ4v) is 2.94. The average molecular weight is 284 g/mol. The molecule has 0 aliphatic carbocycles. The van der Waals surface area contributed by atoms with Gasteiger partial charge in [0, 0.05) is 0 Å². The van der Waals surface area contributed by atoms with E-state index in [0.29, 0.717) is 11.4 Å². The van der Waals surface area contributed by atoms with Crippen molar-refractivity contribution in [2.24, 2.45) is 0 Å². The highest BCUT2D eigenvalue weighted by atomic mass is 32.1. The number of carboxylic acid groups (broad SMARTS) is 1. The van der Waals surface area contributed by atoms with Crippen molar-refractivity contribution in [2.75, 3.05) is 0 Å². The smallest absolute Gasteiger partial charge is 0.339 e. The first-order valence-electron chi connectivity index (χ1n) is 6.10. The predicted octanol–water partition coefficient (Wildman–Crippen LogP) is 3.61. The molecule has 0 unspecified atom stereocenters. The van der Waals surface area contributed by atoms with Gasteiger partial charge in [0.2, 0.25) is 0 Å². The van der Waals surface area contributed by atoms with Crippen LogP contribution in [-0.4, -0.2) is 20.9 Å². The summed E-state index contributed by atoms with van der Waals surface area (Å²) in [7, 11) is 0. The summed E-state index contributed by atoms with van der Waals surface area (Å²) in [6.07, 6.45) is 0. The Morgan fingerprint density at radius 1 is 1.20 bits per heavy atom. The Hall–Kier alpha value is -2.40. The second-order valence-electron chi connectivity index (χ2n) is 4.34. The van der Waals surface area contributed by atoms with Gasteiger partial charge in [-0.3, -0.25) is 0 Å². The van der Waals surface area contributed by atoms with E-state index in [1.54, 1.807) is 11.6 Å². The Balaban J connectivity index is 2.31. The molecule has 20 heavy (non-hydrogen) atoms. The van der Waals surface area contributed by atoms with Crippen molar-refractivity contribution >= 4 is 17.3 Å². The fraction of sp³-hybridized carbons (Fsp3) is 0.0667. The Morgan fingerprint density at radius 2 is 1.95 bits per heavy atom. The molecule has 5 heteroatoms. The Morgan fingerprint density at radius 3 is 2.55 bits per heavy atom. The van der Waals surface area contributed by atoms with Gasteiger partial charge in [-0.2, -0.15) is 5.10 Å². The molecular weight excluding hydrogens is 272 g/mol. The van der Waals surface area contributed by atoms with Crippen molar-refractivity contribution in [1.29, 1.82) is 0 Å². The lowest BCUT2D eigenvalue weighted by molar-refractivity contribution is 0.0697. The van der Waals surface area contributed by atoms with Crippen molar-refractivity contribution in [1.82, 2.24) is 9.78 Å². The number of carbonyl (C=O) groups is 1. The van der Waals surface area contributed by atoms with Crippen LogP contribution < -0.4 is 0 Å². The van der Waals surface area contributed by atoms with Crippen molar-refractivity contribution in [2.45, 2.75) is 6.92 Å². The van der Waals surface area contributed by atoms with Gasteiger partial charge in [0.05, 0.1) is 22.0 Å². The van der Waals surface area contributed by atoms with E-state index in [1.165, 1.54) is 11.3 Å². The lowest BCUT2D eigenvalue weighted by Gasteiger charge is -2.06. The quantitative estimate of drug-likeness (QED) is 0.799. The third-order valence-electron chi connectivity index (χ3n) is 3.03. The zero-order chi connectivity index (χ0) is 14.1. The molecule has 2 aromatic heterocycles. The van der Waals surface area contributed by atoms with Crippen LogP contribution in [0.1, 0.15) is 16.1 Å². The van der Waals surface area contributed by atoms with Crippen LogP contribution in [0.4, 0.5) is 0 Å². The maximum Gasteiger partial charge on any atom is 0.339 e. The molecule has 0 aliphatic heterocycles. The Bertz CT molecular complexity index is 746. The van der Waals surface area contributed by atoms with Gasteiger partial charge >= 0.3 is 5.97 Å². The largest absolute Gasteiger partial charge is 0.478 e. The van der Waals surface area contributed by atoms with E-state index in [0.717, 1.165) is 10.6 Å². The first-order chi connectivity index (χ1) is 9.68. The van der Waals surface area contributed by atoms with Crippen LogP contribution in [0, 0.1) is 6.92 Å². The third-order valence-corrected chi connectivity index (χ3v) is 3.91. The molecule has 0 atom stereocenters. The molecule has 100 valence electrons. The normalized spacial score (nSPS) is 10.7. The topological polar surface area (TPSA) is 55.1 Å². The number of nitrogens with zero attached hydrogens (tertiary/aromatic N) is 2. The van der Waals surface area contributed by atoms with Crippen molar-refractivity contribution in [3.8, 4) is 16.3 Å². The standard InChI is InChI=1S/C15H12N2O2S/c1-10-13(15(18)19)14(12-8-5-9-20-12)17(16-10)11-6-3-2-4-7-11/h2-9H,1H3,(H,18,19). The fourth-order valence-electron chi connectivity index (χ4n) is 2.18. The molecular formula is C15H12N2O2S. The molecule has 0 radical (unpaired) electrons. The van der Waals surface area contributed by atoms with Crippen LogP contribution in [0.5, 0.6) is 0 Å². The van der Waals surface area contributed by atoms with Crippen LogP contribution >= 0.6 is 11.3 Å². The molecule has 3 rings (SSSR count). The van der Waals surface area contributed by atoms with Gasteiger partial charge in [0.1, 0.15) is 5.56 Å². The summed E-state index contributed by atoms with van der Waals surface area (Å²) in [6.45, 7) is 1.72. The summed E-state index contributed by atoms with van der Waals surface area (Å²) in [5.41, 5.74) is 2.27. The second kappa shape index (κ2) is 4.94. The third kappa shape index (κ3) is 2.02. The molecule has 0 aliphatic rings. The Kier molecular flexibility index (Phi) is 3.12. The summed E-state index contributed by atoms with van der Waals surface area (Å²) < 4.78 is 1.70. The maximum atomic E-state index is 11.5. The molecule has 0 saturated heterocycles. The predicted molar refractivity (Wildman–Crippen MR) is 78.6 cm³/mol. The molecule has 0 amide bonds. The van der Waals surface area contributed by atoms with Gasteiger partial charge in [-0.15, -0.1) is 11.3 Å². The van der Waals surface area contributed by atoms with E-state index in [2.05, 4.69) is 5.10 Å². The molecule has 1 N–H and O–H groups in total. The number of aryl methyl sites for hydroxylation is 1. The molecule has 1 aromatic carbocycles. The van der Waals surface area contributed by atoms with Crippen LogP contribution in [0.25, 0.3) is 16.3 Å². The number of para-hydroxylation sites is 1. The number of hydrogen-bond acceptors (Lipinski definition) is 3. The minimum atomic E-state index is -0.951. The molecule has 3 aromatic rings. The number of aromatic nitrogens is 2. The highest BCUT2D eigenvalue weighted by molar-refractivity contribution is 7.13. The van der Waals surface area contributed by atoms with E-state index >= 15 is 0 Å². The minimum absolute atomic E-state index is 0.260. The van der Waals surface area contributed by atoms with Crippen LogP contribution in [0.15, 0.2) is 47.8 Å². The zero-order valence-corrected chi connectivity index (χ0v) is 11.6. The summed E-state index contributed by atoms with van der Waals surface area (Å²) in [5.74, 6) is -0.951. The lowest BCUT2D eigenvalue weighted by atomic mass is 10.1. The van der Waals surface area contributed by atoms with Crippen molar-refractivity contribution in [3.05, 3.63) is 59.1 Å². The maximum absolute atomic E-state index is 11.5. The number of aromatic carboxylic acids is 1. The van der Waals surface area contributed by atoms with Gasteiger partial charge in [-0.05, 0) is 30.5 Å². The van der Waals surface area contributed by atoms with Crippen molar-refractivity contribution in [3.63, 3.8) is 0 Å².